The van der Waals surface area contributed by atoms with Gasteiger partial charge in [-0.2, -0.15) is 13.2 Å². The van der Waals surface area contributed by atoms with Gasteiger partial charge in [-0.25, -0.2) is 9.97 Å². The number of aromatic nitrogens is 2. The van der Waals surface area contributed by atoms with Crippen molar-refractivity contribution in [3.05, 3.63) is 83.9 Å². The lowest BCUT2D eigenvalue weighted by atomic mass is 10.0. The van der Waals surface area contributed by atoms with Crippen molar-refractivity contribution in [1.29, 1.82) is 0 Å². The predicted octanol–water partition coefficient (Wildman–Crippen LogP) is 6.37. The second-order valence-electron chi connectivity index (χ2n) is 6.45. The normalized spacial score (nSPS) is 11.6. The Bertz CT molecular complexity index is 1140. The van der Waals surface area contributed by atoms with Crippen LogP contribution in [0.3, 0.4) is 0 Å². The molecule has 4 aromatic rings. The first kappa shape index (κ1) is 18.0. The molecule has 0 fully saturated rings. The van der Waals surface area contributed by atoms with E-state index in [1.54, 1.807) is 6.07 Å². The van der Waals surface area contributed by atoms with Gasteiger partial charge in [0.2, 0.25) is 5.95 Å². The van der Waals surface area contributed by atoms with Gasteiger partial charge in [-0.1, -0.05) is 54.1 Å². The minimum Gasteiger partial charge on any atom is -0.324 e. The lowest BCUT2D eigenvalue weighted by Gasteiger charge is -2.15. The Morgan fingerprint density at radius 2 is 1.54 bits per heavy atom. The Morgan fingerprint density at radius 3 is 2.29 bits per heavy atom. The highest BCUT2D eigenvalue weighted by Gasteiger charge is 2.33. The van der Waals surface area contributed by atoms with Crippen molar-refractivity contribution in [2.45, 2.75) is 13.1 Å². The minimum absolute atomic E-state index is 0.0829. The number of benzene rings is 3. The second kappa shape index (κ2) is 6.96. The molecule has 0 bridgehead atoms. The van der Waals surface area contributed by atoms with Gasteiger partial charge in [0.25, 0.3) is 0 Å². The van der Waals surface area contributed by atoms with Crippen LogP contribution in [0.15, 0.2) is 72.8 Å². The Balaban J connectivity index is 1.87. The number of para-hydroxylation sites is 1. The fourth-order valence-corrected chi connectivity index (χ4v) is 3.07. The van der Waals surface area contributed by atoms with Gasteiger partial charge in [0.1, 0.15) is 0 Å². The highest BCUT2D eigenvalue weighted by atomic mass is 19.4. The van der Waals surface area contributed by atoms with Crippen molar-refractivity contribution < 1.29 is 13.2 Å². The maximum atomic E-state index is 13.3. The predicted molar refractivity (Wildman–Crippen MR) is 104 cm³/mol. The second-order valence-corrected chi connectivity index (χ2v) is 6.45. The van der Waals surface area contributed by atoms with Crippen LogP contribution in [-0.2, 0) is 6.18 Å². The van der Waals surface area contributed by atoms with Gasteiger partial charge < -0.3 is 5.32 Å². The molecule has 1 aromatic heterocycles. The molecule has 1 heterocycles. The Labute approximate surface area is 159 Å². The van der Waals surface area contributed by atoms with E-state index in [0.717, 1.165) is 22.6 Å². The van der Waals surface area contributed by atoms with Crippen LogP contribution in [0.25, 0.3) is 22.2 Å². The lowest BCUT2D eigenvalue weighted by molar-refractivity contribution is -0.136. The summed E-state index contributed by atoms with van der Waals surface area (Å²) in [6, 6.07) is 20.6. The van der Waals surface area contributed by atoms with Gasteiger partial charge in [0.05, 0.1) is 22.5 Å². The Hall–Kier alpha value is -3.41. The average molecular weight is 379 g/mol. The largest absolute Gasteiger partial charge is 0.418 e. The summed E-state index contributed by atoms with van der Waals surface area (Å²) in [5.41, 5.74) is 2.40. The van der Waals surface area contributed by atoms with Crippen molar-refractivity contribution >= 4 is 22.5 Å². The number of rotatable bonds is 3. The van der Waals surface area contributed by atoms with Crippen molar-refractivity contribution in [3.8, 4) is 11.3 Å². The van der Waals surface area contributed by atoms with E-state index >= 15 is 0 Å². The third-order valence-electron chi connectivity index (χ3n) is 4.38. The summed E-state index contributed by atoms with van der Waals surface area (Å²) in [5, 5.41) is 3.60. The molecular weight excluding hydrogens is 363 g/mol. The van der Waals surface area contributed by atoms with E-state index in [2.05, 4.69) is 15.3 Å². The summed E-state index contributed by atoms with van der Waals surface area (Å²) in [4.78, 5) is 8.97. The molecule has 1 N–H and O–H groups in total. The number of halogens is 3. The summed E-state index contributed by atoms with van der Waals surface area (Å²) in [7, 11) is 0. The third kappa shape index (κ3) is 3.53. The van der Waals surface area contributed by atoms with Gasteiger partial charge >= 0.3 is 6.18 Å². The van der Waals surface area contributed by atoms with Crippen LogP contribution in [0.5, 0.6) is 0 Å². The number of alkyl halides is 3. The van der Waals surface area contributed by atoms with E-state index < -0.39 is 11.7 Å². The highest BCUT2D eigenvalue weighted by Crippen LogP contribution is 2.36. The monoisotopic (exact) mass is 379 g/mol. The van der Waals surface area contributed by atoms with Crippen LogP contribution in [-0.4, -0.2) is 9.97 Å². The van der Waals surface area contributed by atoms with Crippen molar-refractivity contribution in [3.63, 3.8) is 0 Å². The average Bonchev–Trinajstić information content (AvgIpc) is 2.68. The fraction of sp³-hybridized carbons (Fsp3) is 0.0909. The molecule has 6 heteroatoms. The zero-order valence-electron chi connectivity index (χ0n) is 15.0. The van der Waals surface area contributed by atoms with E-state index in [-0.39, 0.29) is 11.6 Å². The molecule has 0 saturated heterocycles. The minimum atomic E-state index is -4.47. The first-order chi connectivity index (χ1) is 13.4. The van der Waals surface area contributed by atoms with Crippen LogP contribution in [0.1, 0.15) is 11.1 Å². The maximum absolute atomic E-state index is 13.3. The summed E-state index contributed by atoms with van der Waals surface area (Å²) in [5.74, 6) is 0.118. The zero-order chi connectivity index (χ0) is 19.7. The Kier molecular flexibility index (Phi) is 4.47. The Morgan fingerprint density at radius 1 is 0.821 bits per heavy atom. The van der Waals surface area contributed by atoms with Gasteiger partial charge in [0.15, 0.2) is 0 Å². The van der Waals surface area contributed by atoms with Crippen molar-refractivity contribution in [1.82, 2.24) is 9.97 Å². The van der Waals surface area contributed by atoms with Crippen LogP contribution in [0.2, 0.25) is 0 Å². The molecule has 0 spiro atoms. The molecule has 0 amide bonds. The van der Waals surface area contributed by atoms with E-state index in [0.29, 0.717) is 11.2 Å². The van der Waals surface area contributed by atoms with E-state index in [1.807, 2.05) is 55.5 Å². The third-order valence-corrected chi connectivity index (χ3v) is 4.38. The molecule has 28 heavy (non-hydrogen) atoms. The molecule has 0 unspecified atom stereocenters. The SMILES string of the molecule is Cc1ccc2nc(Nc3ccccc3C(F)(F)F)nc(-c3ccccc3)c2c1. The molecule has 0 aliphatic carbocycles. The van der Waals surface area contributed by atoms with Crippen molar-refractivity contribution in [2.24, 2.45) is 0 Å². The quantitative estimate of drug-likeness (QED) is 0.450. The van der Waals surface area contributed by atoms with Gasteiger partial charge in [-0.15, -0.1) is 0 Å². The fourth-order valence-electron chi connectivity index (χ4n) is 3.07. The first-order valence-corrected chi connectivity index (χ1v) is 8.69. The topological polar surface area (TPSA) is 37.8 Å². The standard InChI is InChI=1S/C22H16F3N3/c1-14-11-12-18-16(13-14)20(15-7-3-2-4-8-15)28-21(26-18)27-19-10-6-5-9-17(19)22(23,24)25/h2-13H,1H3,(H,26,27,28). The first-order valence-electron chi connectivity index (χ1n) is 8.69. The molecular formula is C22H16F3N3. The number of aryl methyl sites for hydroxylation is 1. The van der Waals surface area contributed by atoms with E-state index in [4.69, 9.17) is 0 Å². The number of fused-ring (bicyclic) bond motifs is 1. The number of nitrogens with one attached hydrogen (secondary N) is 1. The molecule has 3 nitrogen and oxygen atoms in total. The molecule has 0 saturated carbocycles. The van der Waals surface area contributed by atoms with Crippen LogP contribution >= 0.6 is 0 Å². The van der Waals surface area contributed by atoms with Crippen molar-refractivity contribution in [2.75, 3.05) is 5.32 Å². The number of hydrogen-bond acceptors (Lipinski definition) is 3. The summed E-state index contributed by atoms with van der Waals surface area (Å²) >= 11 is 0. The molecule has 4 rings (SSSR count). The van der Waals surface area contributed by atoms with Crippen LogP contribution < -0.4 is 5.32 Å². The molecule has 140 valence electrons. The van der Waals surface area contributed by atoms with Crippen LogP contribution in [0.4, 0.5) is 24.8 Å². The number of anilines is 2. The summed E-state index contributed by atoms with van der Waals surface area (Å²) in [6.45, 7) is 1.97. The van der Waals surface area contributed by atoms with E-state index in [1.165, 1.54) is 12.1 Å². The molecule has 0 aliphatic rings. The highest BCUT2D eigenvalue weighted by molar-refractivity contribution is 5.93. The molecule has 0 aliphatic heterocycles. The summed E-state index contributed by atoms with van der Waals surface area (Å²) < 4.78 is 39.9. The van der Waals surface area contributed by atoms with E-state index in [9.17, 15) is 13.2 Å². The smallest absolute Gasteiger partial charge is 0.324 e. The lowest BCUT2D eigenvalue weighted by Crippen LogP contribution is -2.10. The molecule has 0 atom stereocenters. The molecule has 3 aromatic carbocycles. The zero-order valence-corrected chi connectivity index (χ0v) is 15.0. The van der Waals surface area contributed by atoms with Crippen LogP contribution in [0, 0.1) is 6.92 Å². The summed E-state index contributed by atoms with van der Waals surface area (Å²) in [6.07, 6.45) is -4.47. The molecule has 0 radical (unpaired) electrons. The number of nitrogens with zero attached hydrogens (tertiary/aromatic N) is 2. The van der Waals surface area contributed by atoms with Gasteiger partial charge in [-0.3, -0.25) is 0 Å². The maximum Gasteiger partial charge on any atom is 0.418 e. The van der Waals surface area contributed by atoms with Gasteiger partial charge in [-0.05, 0) is 31.2 Å². The van der Waals surface area contributed by atoms with Gasteiger partial charge in [0, 0.05) is 10.9 Å². The number of hydrogen-bond donors (Lipinski definition) is 1.